The Kier molecular flexibility index (Phi) is 2.50. The van der Waals surface area contributed by atoms with Gasteiger partial charge in [0.25, 0.3) is 0 Å². The third-order valence-corrected chi connectivity index (χ3v) is 1.92. The van der Waals surface area contributed by atoms with Gasteiger partial charge in [-0.1, -0.05) is 0 Å². The summed E-state index contributed by atoms with van der Waals surface area (Å²) in [7, 11) is 1.84. The number of hydrogen-bond donors (Lipinski definition) is 1. The molecule has 0 aliphatic heterocycles. The lowest BCUT2D eigenvalue weighted by atomic mass is 10.3. The van der Waals surface area contributed by atoms with Crippen LogP contribution in [0.4, 0.5) is 4.39 Å². The smallest absolute Gasteiger partial charge is 0.123 e. The van der Waals surface area contributed by atoms with Crippen LogP contribution in [0.5, 0.6) is 0 Å². The highest BCUT2D eigenvalue weighted by Gasteiger charge is 2.43. The van der Waals surface area contributed by atoms with Gasteiger partial charge in [0.05, 0.1) is 6.10 Å². The van der Waals surface area contributed by atoms with Crippen LogP contribution in [0.2, 0.25) is 0 Å². The van der Waals surface area contributed by atoms with Crippen LogP contribution in [0.15, 0.2) is 0 Å². The first-order valence-corrected chi connectivity index (χ1v) is 4.07. The van der Waals surface area contributed by atoms with E-state index in [0.717, 1.165) is 0 Å². The number of halogens is 1. The molecular formula is C8H16FNO. The topological polar surface area (TPSA) is 23.5 Å². The zero-order valence-corrected chi connectivity index (χ0v) is 7.18. The van der Waals surface area contributed by atoms with Crippen molar-refractivity contribution in [2.75, 3.05) is 20.1 Å². The molecule has 1 fully saturated rings. The lowest BCUT2D eigenvalue weighted by molar-refractivity contribution is 0.118. The van der Waals surface area contributed by atoms with Crippen molar-refractivity contribution in [2.24, 2.45) is 0 Å². The van der Waals surface area contributed by atoms with Gasteiger partial charge in [0, 0.05) is 13.1 Å². The third kappa shape index (κ3) is 3.16. The van der Waals surface area contributed by atoms with Crippen molar-refractivity contribution in [3.63, 3.8) is 0 Å². The molecule has 2 nitrogen and oxygen atoms in total. The van der Waals surface area contributed by atoms with Gasteiger partial charge in [-0.3, -0.25) is 0 Å². The van der Waals surface area contributed by atoms with Gasteiger partial charge in [-0.15, -0.1) is 0 Å². The van der Waals surface area contributed by atoms with Gasteiger partial charge in [-0.2, -0.15) is 0 Å². The van der Waals surface area contributed by atoms with Crippen LogP contribution in [0.1, 0.15) is 19.8 Å². The summed E-state index contributed by atoms with van der Waals surface area (Å²) in [4.78, 5) is 1.84. The van der Waals surface area contributed by atoms with E-state index < -0.39 is 5.67 Å². The molecule has 0 amide bonds. The van der Waals surface area contributed by atoms with Gasteiger partial charge in [0.1, 0.15) is 5.67 Å². The minimum absolute atomic E-state index is 0.359. The Bertz CT molecular complexity index is 134. The monoisotopic (exact) mass is 161 g/mol. The second-order valence-electron chi connectivity index (χ2n) is 3.70. The lowest BCUT2D eigenvalue weighted by Gasteiger charge is -2.19. The maximum Gasteiger partial charge on any atom is 0.123 e. The fourth-order valence-electron chi connectivity index (χ4n) is 1.29. The standard InChI is InChI=1S/C8H16FNO/c1-7(11)5-10(2)6-8(9)3-4-8/h7,11H,3-6H2,1-2H3. The molecule has 66 valence electrons. The molecule has 1 saturated carbocycles. The van der Waals surface area contributed by atoms with E-state index in [0.29, 0.717) is 25.9 Å². The SMILES string of the molecule is CC(O)CN(C)CC1(F)CC1. The van der Waals surface area contributed by atoms with E-state index in [1.165, 1.54) is 0 Å². The molecule has 1 aliphatic carbocycles. The van der Waals surface area contributed by atoms with E-state index in [9.17, 15) is 4.39 Å². The minimum atomic E-state index is -0.927. The van der Waals surface area contributed by atoms with E-state index in [2.05, 4.69) is 0 Å². The number of hydrogen-bond acceptors (Lipinski definition) is 2. The Hall–Kier alpha value is -0.150. The normalized spacial score (nSPS) is 23.7. The first-order valence-electron chi connectivity index (χ1n) is 4.07. The predicted molar refractivity (Wildman–Crippen MR) is 42.3 cm³/mol. The zero-order chi connectivity index (χ0) is 8.48. The first kappa shape index (κ1) is 8.94. The number of nitrogens with zero attached hydrogens (tertiary/aromatic N) is 1. The Morgan fingerprint density at radius 2 is 2.18 bits per heavy atom. The Morgan fingerprint density at radius 1 is 1.64 bits per heavy atom. The second-order valence-corrected chi connectivity index (χ2v) is 3.70. The van der Waals surface area contributed by atoms with Crippen LogP contribution in [-0.4, -0.2) is 41.9 Å². The maximum atomic E-state index is 13.1. The molecule has 0 aromatic heterocycles. The highest BCUT2D eigenvalue weighted by atomic mass is 19.1. The molecule has 1 N–H and O–H groups in total. The van der Waals surface area contributed by atoms with Crippen molar-refractivity contribution < 1.29 is 9.50 Å². The average Bonchev–Trinajstić information content (AvgIpc) is 2.44. The van der Waals surface area contributed by atoms with Crippen molar-refractivity contribution in [3.8, 4) is 0 Å². The second kappa shape index (κ2) is 3.07. The summed E-state index contributed by atoms with van der Waals surface area (Å²) in [5.74, 6) is 0. The Morgan fingerprint density at radius 3 is 2.55 bits per heavy atom. The van der Waals surface area contributed by atoms with Crippen molar-refractivity contribution in [1.82, 2.24) is 4.90 Å². The van der Waals surface area contributed by atoms with Gasteiger partial charge in [0.2, 0.25) is 0 Å². The van der Waals surface area contributed by atoms with E-state index in [-0.39, 0.29) is 6.10 Å². The lowest BCUT2D eigenvalue weighted by Crippen LogP contribution is -2.33. The van der Waals surface area contributed by atoms with Crippen LogP contribution in [0, 0.1) is 0 Å². The summed E-state index contributed by atoms with van der Waals surface area (Å²) in [5.41, 5.74) is -0.927. The van der Waals surface area contributed by atoms with Crippen LogP contribution in [-0.2, 0) is 0 Å². The van der Waals surface area contributed by atoms with E-state index in [4.69, 9.17) is 5.11 Å². The third-order valence-electron chi connectivity index (χ3n) is 1.92. The van der Waals surface area contributed by atoms with Crippen molar-refractivity contribution in [1.29, 1.82) is 0 Å². The van der Waals surface area contributed by atoms with Gasteiger partial charge >= 0.3 is 0 Å². The van der Waals surface area contributed by atoms with Gasteiger partial charge in [0.15, 0.2) is 0 Å². The molecule has 0 saturated heterocycles. The minimum Gasteiger partial charge on any atom is -0.392 e. The quantitative estimate of drug-likeness (QED) is 0.659. The van der Waals surface area contributed by atoms with E-state index in [1.807, 2.05) is 11.9 Å². The molecule has 1 rings (SSSR count). The van der Waals surface area contributed by atoms with Gasteiger partial charge in [-0.25, -0.2) is 4.39 Å². The van der Waals surface area contributed by atoms with Gasteiger partial charge < -0.3 is 10.0 Å². The number of alkyl halides is 1. The Balaban J connectivity index is 2.15. The molecule has 0 aromatic carbocycles. The summed E-state index contributed by atoms with van der Waals surface area (Å²) >= 11 is 0. The largest absolute Gasteiger partial charge is 0.392 e. The molecule has 0 radical (unpaired) electrons. The number of aliphatic hydroxyl groups excluding tert-OH is 1. The molecule has 11 heavy (non-hydrogen) atoms. The van der Waals surface area contributed by atoms with Crippen molar-refractivity contribution >= 4 is 0 Å². The maximum absolute atomic E-state index is 13.1. The van der Waals surface area contributed by atoms with Crippen LogP contribution >= 0.6 is 0 Å². The van der Waals surface area contributed by atoms with Crippen molar-refractivity contribution in [2.45, 2.75) is 31.5 Å². The summed E-state index contributed by atoms with van der Waals surface area (Å²) in [6.07, 6.45) is 1.02. The van der Waals surface area contributed by atoms with Crippen LogP contribution in [0.25, 0.3) is 0 Å². The van der Waals surface area contributed by atoms with E-state index in [1.54, 1.807) is 6.92 Å². The predicted octanol–water partition coefficient (Wildman–Crippen LogP) is 0.801. The molecule has 0 spiro atoms. The number of rotatable bonds is 4. The first-order chi connectivity index (χ1) is 5.02. The highest BCUT2D eigenvalue weighted by Crippen LogP contribution is 2.40. The molecule has 1 atom stereocenters. The fourth-order valence-corrected chi connectivity index (χ4v) is 1.29. The van der Waals surface area contributed by atoms with Crippen LogP contribution < -0.4 is 0 Å². The highest BCUT2D eigenvalue weighted by molar-refractivity contribution is 4.96. The molecule has 0 aromatic rings. The van der Waals surface area contributed by atoms with Crippen molar-refractivity contribution in [3.05, 3.63) is 0 Å². The fraction of sp³-hybridized carbons (Fsp3) is 1.00. The van der Waals surface area contributed by atoms with E-state index >= 15 is 0 Å². The van der Waals surface area contributed by atoms with Gasteiger partial charge in [-0.05, 0) is 26.8 Å². The molecule has 1 unspecified atom stereocenters. The number of aliphatic hydroxyl groups is 1. The number of likely N-dealkylation sites (N-methyl/N-ethyl adjacent to an activating group) is 1. The summed E-state index contributed by atoms with van der Waals surface area (Å²) in [6.45, 7) is 2.75. The average molecular weight is 161 g/mol. The molecule has 3 heteroatoms. The molecule has 0 bridgehead atoms. The molecular weight excluding hydrogens is 145 g/mol. The zero-order valence-electron chi connectivity index (χ0n) is 7.18. The summed E-state index contributed by atoms with van der Waals surface area (Å²) in [6, 6.07) is 0. The molecule has 1 aliphatic rings. The van der Waals surface area contributed by atoms with Crippen LogP contribution in [0.3, 0.4) is 0 Å². The molecule has 0 heterocycles. The Labute approximate surface area is 67.0 Å². The summed E-state index contributed by atoms with van der Waals surface area (Å²) < 4.78 is 13.1. The summed E-state index contributed by atoms with van der Waals surface area (Å²) in [5, 5.41) is 8.98.